The van der Waals surface area contributed by atoms with E-state index in [1.807, 2.05) is 13.0 Å². The molecule has 144 valence electrons. The maximum Gasteiger partial charge on any atom is 0.309 e. The lowest BCUT2D eigenvalue weighted by atomic mass is 9.99. The molecule has 0 radical (unpaired) electrons. The summed E-state index contributed by atoms with van der Waals surface area (Å²) in [5, 5.41) is 9.81. The van der Waals surface area contributed by atoms with Gasteiger partial charge in [0, 0.05) is 42.9 Å². The summed E-state index contributed by atoms with van der Waals surface area (Å²) in [6.45, 7) is 9.33. The van der Waals surface area contributed by atoms with Crippen LogP contribution >= 0.6 is 11.6 Å². The van der Waals surface area contributed by atoms with Crippen LogP contribution in [0.25, 0.3) is 0 Å². The molecular formula is C22H27ClN2O2. The minimum atomic E-state index is -0.689. The maximum atomic E-state index is 11.0. The second-order valence-corrected chi connectivity index (χ2v) is 8.11. The molecule has 2 aromatic rings. The highest BCUT2D eigenvalue weighted by molar-refractivity contribution is 6.31. The number of nitrogens with zero attached hydrogens (tertiary/aromatic N) is 2. The molecule has 0 aliphatic carbocycles. The van der Waals surface area contributed by atoms with Crippen molar-refractivity contribution >= 4 is 23.3 Å². The van der Waals surface area contributed by atoms with Crippen molar-refractivity contribution < 1.29 is 9.90 Å². The number of likely N-dealkylation sites (tertiary alicyclic amines) is 1. The Labute approximate surface area is 166 Å². The molecule has 2 aromatic carbocycles. The lowest BCUT2D eigenvalue weighted by molar-refractivity contribution is -0.147. The summed E-state index contributed by atoms with van der Waals surface area (Å²) in [5.74, 6) is -0.899. The van der Waals surface area contributed by atoms with E-state index in [1.165, 1.54) is 16.8 Å². The number of benzene rings is 2. The summed E-state index contributed by atoms with van der Waals surface area (Å²) in [6, 6.07) is 15.1. The molecule has 0 spiro atoms. The van der Waals surface area contributed by atoms with Gasteiger partial charge in [-0.25, -0.2) is 0 Å². The standard InChI is InChI=1S/C22H27ClN2O2/c1-15(2)25(20-7-8-21(23)16(3)9-20)12-18-6-4-5-17(10-18)11-24-13-19(14-24)22(26)27/h4-10,15,19H,11-14H2,1-3H3,(H,26,27). The Hall–Kier alpha value is -2.04. The first kappa shape index (κ1) is 19.7. The lowest BCUT2D eigenvalue weighted by Crippen LogP contribution is -2.49. The Morgan fingerprint density at radius 2 is 1.93 bits per heavy atom. The lowest BCUT2D eigenvalue weighted by Gasteiger charge is -2.36. The van der Waals surface area contributed by atoms with Gasteiger partial charge in [0.15, 0.2) is 0 Å². The monoisotopic (exact) mass is 386 g/mol. The summed E-state index contributed by atoms with van der Waals surface area (Å²) in [7, 11) is 0. The Morgan fingerprint density at radius 3 is 2.56 bits per heavy atom. The van der Waals surface area contributed by atoms with Crippen LogP contribution in [0.2, 0.25) is 5.02 Å². The van der Waals surface area contributed by atoms with Gasteiger partial charge >= 0.3 is 5.97 Å². The Balaban J connectivity index is 1.70. The molecule has 3 rings (SSSR count). The number of carboxylic acids is 1. The summed E-state index contributed by atoms with van der Waals surface area (Å²) in [4.78, 5) is 15.5. The zero-order valence-corrected chi connectivity index (χ0v) is 16.9. The van der Waals surface area contributed by atoms with Crippen molar-refractivity contribution in [3.05, 3.63) is 64.2 Å². The van der Waals surface area contributed by atoms with E-state index < -0.39 is 5.97 Å². The molecule has 1 heterocycles. The molecule has 0 unspecified atom stereocenters. The van der Waals surface area contributed by atoms with Crippen molar-refractivity contribution in [1.29, 1.82) is 0 Å². The van der Waals surface area contributed by atoms with Crippen molar-refractivity contribution in [3.63, 3.8) is 0 Å². The minimum absolute atomic E-state index is 0.210. The van der Waals surface area contributed by atoms with Crippen molar-refractivity contribution in [2.24, 2.45) is 5.92 Å². The highest BCUT2D eigenvalue weighted by atomic mass is 35.5. The Morgan fingerprint density at radius 1 is 1.22 bits per heavy atom. The van der Waals surface area contributed by atoms with Crippen molar-refractivity contribution in [2.45, 2.75) is 39.9 Å². The van der Waals surface area contributed by atoms with Crippen molar-refractivity contribution in [3.8, 4) is 0 Å². The molecule has 1 fully saturated rings. The molecule has 0 aromatic heterocycles. The number of aliphatic carboxylic acids is 1. The number of aryl methyl sites for hydroxylation is 1. The number of hydrogen-bond acceptors (Lipinski definition) is 3. The van der Waals surface area contributed by atoms with Gasteiger partial charge in [0.2, 0.25) is 0 Å². The normalized spacial score (nSPS) is 15.0. The molecule has 5 heteroatoms. The van der Waals surface area contributed by atoms with Gasteiger partial charge in [0.25, 0.3) is 0 Å². The van der Waals surface area contributed by atoms with Crippen LogP contribution in [-0.2, 0) is 17.9 Å². The zero-order chi connectivity index (χ0) is 19.6. The van der Waals surface area contributed by atoms with Crippen LogP contribution in [0.4, 0.5) is 5.69 Å². The van der Waals surface area contributed by atoms with Crippen LogP contribution in [-0.4, -0.2) is 35.1 Å². The second-order valence-electron chi connectivity index (χ2n) is 7.70. The van der Waals surface area contributed by atoms with Gasteiger partial charge in [-0.15, -0.1) is 0 Å². The summed E-state index contributed by atoms with van der Waals surface area (Å²) >= 11 is 6.18. The van der Waals surface area contributed by atoms with E-state index in [-0.39, 0.29) is 5.92 Å². The van der Waals surface area contributed by atoms with E-state index >= 15 is 0 Å². The number of rotatable bonds is 7. The number of hydrogen-bond donors (Lipinski definition) is 1. The molecule has 27 heavy (non-hydrogen) atoms. The van der Waals surface area contributed by atoms with Gasteiger partial charge in [-0.3, -0.25) is 9.69 Å². The van der Waals surface area contributed by atoms with Gasteiger partial charge < -0.3 is 10.0 Å². The fourth-order valence-electron chi connectivity index (χ4n) is 3.52. The quantitative estimate of drug-likeness (QED) is 0.756. The molecule has 0 atom stereocenters. The maximum absolute atomic E-state index is 11.0. The molecule has 1 aliphatic heterocycles. The Kier molecular flexibility index (Phi) is 6.08. The molecule has 4 nitrogen and oxygen atoms in total. The highest BCUT2D eigenvalue weighted by Gasteiger charge is 2.32. The van der Waals surface area contributed by atoms with E-state index in [0.717, 1.165) is 23.7 Å². The van der Waals surface area contributed by atoms with Crippen LogP contribution in [0.1, 0.15) is 30.5 Å². The average Bonchev–Trinajstić information content (AvgIpc) is 2.58. The second kappa shape index (κ2) is 8.32. The summed E-state index contributed by atoms with van der Waals surface area (Å²) < 4.78 is 0. The molecular weight excluding hydrogens is 360 g/mol. The third-order valence-electron chi connectivity index (χ3n) is 5.15. The molecule has 1 saturated heterocycles. The predicted octanol–water partition coefficient (Wildman–Crippen LogP) is 4.58. The smallest absolute Gasteiger partial charge is 0.309 e. The third-order valence-corrected chi connectivity index (χ3v) is 5.58. The first-order chi connectivity index (χ1) is 12.8. The van der Waals surface area contributed by atoms with Crippen LogP contribution in [0.5, 0.6) is 0 Å². The number of carboxylic acid groups (broad SMARTS) is 1. The molecule has 1 aliphatic rings. The van der Waals surface area contributed by atoms with E-state index in [4.69, 9.17) is 16.7 Å². The van der Waals surface area contributed by atoms with Crippen molar-refractivity contribution in [1.82, 2.24) is 4.90 Å². The summed E-state index contributed by atoms with van der Waals surface area (Å²) in [6.07, 6.45) is 0. The van der Waals surface area contributed by atoms with Crippen molar-refractivity contribution in [2.75, 3.05) is 18.0 Å². The van der Waals surface area contributed by atoms with E-state index in [0.29, 0.717) is 19.1 Å². The van der Waals surface area contributed by atoms with Gasteiger partial charge in [-0.05, 0) is 55.7 Å². The molecule has 1 N–H and O–H groups in total. The van der Waals surface area contributed by atoms with Gasteiger partial charge in [-0.2, -0.15) is 0 Å². The van der Waals surface area contributed by atoms with E-state index in [9.17, 15) is 4.79 Å². The Bertz CT molecular complexity index is 816. The third kappa shape index (κ3) is 4.82. The number of halogens is 1. The molecule has 0 amide bonds. The first-order valence-electron chi connectivity index (χ1n) is 9.39. The fourth-order valence-corrected chi connectivity index (χ4v) is 3.63. The predicted molar refractivity (Wildman–Crippen MR) is 110 cm³/mol. The molecule has 0 saturated carbocycles. The van der Waals surface area contributed by atoms with Crippen LogP contribution < -0.4 is 4.90 Å². The fraction of sp³-hybridized carbons (Fsp3) is 0.409. The first-order valence-corrected chi connectivity index (χ1v) is 9.77. The summed E-state index contributed by atoms with van der Waals surface area (Å²) in [5.41, 5.74) is 4.74. The van der Waals surface area contributed by atoms with Gasteiger partial charge in [-0.1, -0.05) is 35.9 Å². The van der Waals surface area contributed by atoms with Crippen LogP contribution in [0, 0.1) is 12.8 Å². The van der Waals surface area contributed by atoms with Crippen LogP contribution in [0.15, 0.2) is 42.5 Å². The number of anilines is 1. The zero-order valence-electron chi connectivity index (χ0n) is 16.2. The minimum Gasteiger partial charge on any atom is -0.481 e. The van der Waals surface area contributed by atoms with E-state index in [2.05, 4.69) is 60.0 Å². The van der Waals surface area contributed by atoms with Gasteiger partial charge in [0.1, 0.15) is 0 Å². The topological polar surface area (TPSA) is 43.8 Å². The highest BCUT2D eigenvalue weighted by Crippen LogP contribution is 2.26. The number of carbonyl (C=O) groups is 1. The van der Waals surface area contributed by atoms with Gasteiger partial charge in [0.05, 0.1) is 5.92 Å². The molecule has 0 bridgehead atoms. The van der Waals surface area contributed by atoms with Crippen LogP contribution in [0.3, 0.4) is 0 Å². The van der Waals surface area contributed by atoms with E-state index in [1.54, 1.807) is 0 Å². The SMILES string of the molecule is Cc1cc(N(Cc2cccc(CN3CC(C(=O)O)C3)c2)C(C)C)ccc1Cl. The largest absolute Gasteiger partial charge is 0.481 e. The average molecular weight is 387 g/mol.